The Kier molecular flexibility index (Phi) is 14.4. The summed E-state index contributed by atoms with van der Waals surface area (Å²) in [6, 6.07) is 0. The van der Waals surface area contributed by atoms with Gasteiger partial charge in [-0.05, 0) is 6.42 Å². The van der Waals surface area contributed by atoms with Crippen LogP contribution in [0.1, 0.15) is 96.8 Å². The number of quaternary nitrogens is 1. The minimum absolute atomic E-state index is 0.00327. The number of ketones is 1. The van der Waals surface area contributed by atoms with Crippen molar-refractivity contribution < 1.29 is 29.4 Å². The Morgan fingerprint density at radius 1 is 0.862 bits per heavy atom. The summed E-state index contributed by atoms with van der Waals surface area (Å²) in [5, 5.41) is 29.9. The van der Waals surface area contributed by atoms with Crippen LogP contribution in [0.4, 0.5) is 0 Å². The fraction of sp³-hybridized carbons (Fsp3) is 0.913. The molecule has 3 N–H and O–H groups in total. The quantitative estimate of drug-likeness (QED) is 0.219. The van der Waals surface area contributed by atoms with Crippen molar-refractivity contribution in [1.29, 1.82) is 0 Å². The number of hydrogen-bond donors (Lipinski definition) is 3. The highest BCUT2D eigenvalue weighted by Crippen LogP contribution is 2.20. The molecule has 0 aromatic rings. The number of Topliss-reactive ketones (excluding diaryl/α,β-unsaturated/α-hetero) is 1. The van der Waals surface area contributed by atoms with Crippen LogP contribution in [0.5, 0.6) is 0 Å². The van der Waals surface area contributed by atoms with Gasteiger partial charge in [0.25, 0.3) is 0 Å². The van der Waals surface area contributed by atoms with Gasteiger partial charge in [0, 0.05) is 6.42 Å². The van der Waals surface area contributed by atoms with Crippen molar-refractivity contribution >= 4 is 11.8 Å². The number of aliphatic carboxylic acids is 1. The van der Waals surface area contributed by atoms with Gasteiger partial charge in [-0.3, -0.25) is 9.59 Å². The maximum atomic E-state index is 12.5. The molecule has 172 valence electrons. The molecular formula is C23H46NO5+. The molecule has 0 aromatic heterocycles. The first-order valence-corrected chi connectivity index (χ1v) is 11.5. The van der Waals surface area contributed by atoms with Gasteiger partial charge in [0.1, 0.15) is 6.54 Å². The van der Waals surface area contributed by atoms with Crippen LogP contribution in [-0.2, 0) is 9.59 Å². The number of aliphatic hydroxyl groups is 2. The molecule has 0 spiro atoms. The van der Waals surface area contributed by atoms with Gasteiger partial charge in [0.15, 0.2) is 11.4 Å². The molecule has 0 saturated carbocycles. The van der Waals surface area contributed by atoms with Gasteiger partial charge >= 0.3 is 5.97 Å². The summed E-state index contributed by atoms with van der Waals surface area (Å²) < 4.78 is 0.268. The van der Waals surface area contributed by atoms with E-state index in [0.29, 0.717) is 6.42 Å². The van der Waals surface area contributed by atoms with Crippen LogP contribution in [0.3, 0.4) is 0 Å². The smallest absolute Gasteiger partial charge is 0.306 e. The normalized spacial score (nSPS) is 15.1. The fourth-order valence-corrected chi connectivity index (χ4v) is 3.83. The molecular weight excluding hydrogens is 370 g/mol. The Balaban J connectivity index is 4.05. The maximum Gasteiger partial charge on any atom is 0.306 e. The van der Waals surface area contributed by atoms with Crippen LogP contribution >= 0.6 is 0 Å². The zero-order valence-electron chi connectivity index (χ0n) is 19.3. The van der Waals surface area contributed by atoms with Crippen LogP contribution in [0.15, 0.2) is 0 Å². The molecule has 6 heteroatoms. The highest BCUT2D eigenvalue weighted by molar-refractivity contribution is 5.91. The van der Waals surface area contributed by atoms with E-state index in [-0.39, 0.29) is 17.4 Å². The number of carbonyl (C=O) groups excluding carboxylic acids is 1. The Bertz CT molecular complexity index is 461. The van der Waals surface area contributed by atoms with E-state index >= 15 is 0 Å². The molecule has 2 atom stereocenters. The molecule has 0 aromatic carbocycles. The van der Waals surface area contributed by atoms with Crippen LogP contribution in [0, 0.1) is 0 Å². The van der Waals surface area contributed by atoms with Gasteiger partial charge in [-0.25, -0.2) is 0 Å². The second kappa shape index (κ2) is 14.9. The topological polar surface area (TPSA) is 94.8 Å². The van der Waals surface area contributed by atoms with Crippen molar-refractivity contribution in [1.82, 2.24) is 0 Å². The molecule has 0 aliphatic rings. The molecule has 0 heterocycles. The van der Waals surface area contributed by atoms with Crippen LogP contribution in [0.2, 0.25) is 0 Å². The average molecular weight is 417 g/mol. The van der Waals surface area contributed by atoms with Gasteiger partial charge in [0.2, 0.25) is 0 Å². The van der Waals surface area contributed by atoms with E-state index < -0.39 is 29.9 Å². The van der Waals surface area contributed by atoms with Crippen molar-refractivity contribution in [2.24, 2.45) is 0 Å². The lowest BCUT2D eigenvalue weighted by Crippen LogP contribution is -2.55. The molecule has 0 radical (unpaired) electrons. The molecule has 0 rings (SSSR count). The van der Waals surface area contributed by atoms with E-state index in [1.807, 2.05) is 0 Å². The van der Waals surface area contributed by atoms with Crippen LogP contribution in [0.25, 0.3) is 0 Å². The van der Waals surface area contributed by atoms with Gasteiger partial charge < -0.3 is 19.8 Å². The first-order chi connectivity index (χ1) is 13.5. The Morgan fingerprint density at radius 2 is 1.31 bits per heavy atom. The number of rotatable bonds is 19. The first-order valence-electron chi connectivity index (χ1n) is 11.5. The largest absolute Gasteiger partial charge is 0.481 e. The van der Waals surface area contributed by atoms with Crippen molar-refractivity contribution in [3.05, 3.63) is 0 Å². The van der Waals surface area contributed by atoms with E-state index in [4.69, 9.17) is 5.11 Å². The van der Waals surface area contributed by atoms with E-state index in [9.17, 15) is 19.8 Å². The van der Waals surface area contributed by atoms with Crippen LogP contribution in [-0.4, -0.2) is 70.9 Å². The third-order valence-electron chi connectivity index (χ3n) is 5.26. The molecule has 0 bridgehead atoms. The summed E-state index contributed by atoms with van der Waals surface area (Å²) in [6.07, 6.45) is 12.3. The molecule has 0 aliphatic heterocycles. The second-order valence-electron chi connectivity index (χ2n) is 9.66. The molecule has 0 aliphatic carbocycles. The summed E-state index contributed by atoms with van der Waals surface area (Å²) >= 11 is 0. The number of aliphatic hydroxyl groups excluding tert-OH is 1. The number of carboxylic acid groups (broad SMARTS) is 1. The van der Waals surface area contributed by atoms with Crippen molar-refractivity contribution in [3.8, 4) is 0 Å². The zero-order chi connectivity index (χ0) is 22.3. The number of carboxylic acids is 1. The molecule has 0 amide bonds. The highest BCUT2D eigenvalue weighted by Gasteiger charge is 2.43. The van der Waals surface area contributed by atoms with E-state index in [2.05, 4.69) is 6.92 Å². The third kappa shape index (κ3) is 15.5. The van der Waals surface area contributed by atoms with E-state index in [1.54, 1.807) is 21.1 Å². The summed E-state index contributed by atoms with van der Waals surface area (Å²) in [6.45, 7) is 2.23. The minimum atomic E-state index is -1.94. The predicted molar refractivity (Wildman–Crippen MR) is 117 cm³/mol. The molecule has 6 nitrogen and oxygen atoms in total. The maximum absolute atomic E-state index is 12.5. The fourth-order valence-electron chi connectivity index (χ4n) is 3.83. The average Bonchev–Trinajstić information content (AvgIpc) is 2.57. The zero-order valence-corrected chi connectivity index (χ0v) is 19.3. The predicted octanol–water partition coefficient (Wildman–Crippen LogP) is 3.92. The Labute approximate surface area is 177 Å². The van der Waals surface area contributed by atoms with Gasteiger partial charge in [-0.1, -0.05) is 77.6 Å². The second-order valence-corrected chi connectivity index (χ2v) is 9.66. The SMILES string of the molecule is CCCCCCCCCCCCCC(O)CC(=O)C(O)(CC(=O)O)C[N+](C)(C)C. The number of likely N-dealkylation sites (N-methyl/N-ethyl adjacent to an activating group) is 1. The van der Waals surface area contributed by atoms with Crippen molar-refractivity contribution in [2.45, 2.75) is 109 Å². The number of hydrogen-bond acceptors (Lipinski definition) is 4. The van der Waals surface area contributed by atoms with E-state index in [0.717, 1.165) is 19.3 Å². The minimum Gasteiger partial charge on any atom is -0.481 e. The van der Waals surface area contributed by atoms with Crippen LogP contribution < -0.4 is 0 Å². The molecule has 29 heavy (non-hydrogen) atoms. The lowest BCUT2D eigenvalue weighted by molar-refractivity contribution is -0.875. The summed E-state index contributed by atoms with van der Waals surface area (Å²) in [5.41, 5.74) is -1.94. The van der Waals surface area contributed by atoms with Gasteiger partial charge in [-0.15, -0.1) is 0 Å². The lowest BCUT2D eigenvalue weighted by Gasteiger charge is -2.34. The number of unbranched alkanes of at least 4 members (excludes halogenated alkanes) is 10. The molecule has 0 fully saturated rings. The number of nitrogens with zero attached hydrogens (tertiary/aromatic N) is 1. The van der Waals surface area contributed by atoms with Gasteiger partial charge in [-0.2, -0.15) is 0 Å². The lowest BCUT2D eigenvalue weighted by atomic mass is 9.88. The van der Waals surface area contributed by atoms with E-state index in [1.165, 1.54) is 51.4 Å². The Morgan fingerprint density at radius 3 is 1.72 bits per heavy atom. The molecule has 0 saturated heterocycles. The number of carbonyl (C=O) groups is 2. The van der Waals surface area contributed by atoms with Gasteiger partial charge in [0.05, 0.1) is 33.7 Å². The first kappa shape index (κ1) is 28.0. The molecule has 2 unspecified atom stereocenters. The summed E-state index contributed by atoms with van der Waals surface area (Å²) in [7, 11) is 5.38. The highest BCUT2D eigenvalue weighted by atomic mass is 16.4. The summed E-state index contributed by atoms with van der Waals surface area (Å²) in [5.74, 6) is -1.79. The van der Waals surface area contributed by atoms with Crippen molar-refractivity contribution in [3.63, 3.8) is 0 Å². The Hall–Kier alpha value is -0.980. The van der Waals surface area contributed by atoms with Crippen molar-refractivity contribution in [2.75, 3.05) is 27.7 Å². The summed E-state index contributed by atoms with van der Waals surface area (Å²) in [4.78, 5) is 23.6. The monoisotopic (exact) mass is 416 g/mol. The standard InChI is InChI=1S/C23H45NO5/c1-5-6-7-8-9-10-11-12-13-14-15-16-20(25)17-21(26)23(29,18-22(27)28)19-24(2,3)4/h20,25,29H,5-19H2,1-4H3/p+1. The third-order valence-corrected chi connectivity index (χ3v) is 5.26.